The topological polar surface area (TPSA) is 3.24 Å². The average Bonchev–Trinajstić information content (AvgIpc) is 3.73. The molecule has 1 unspecified atom stereocenters. The van der Waals surface area contributed by atoms with Gasteiger partial charge in [-0.25, -0.2) is 0 Å². The smallest absolute Gasteiger partial charge is 0.0461 e. The minimum absolute atomic E-state index is 0.0939. The zero-order valence-corrected chi connectivity index (χ0v) is 42.3. The van der Waals surface area contributed by atoms with Crippen LogP contribution in [0.3, 0.4) is 0 Å². The summed E-state index contributed by atoms with van der Waals surface area (Å²) in [6, 6.07) is 57.2. The molecular weight excluding hydrogens is 899 g/mol. The molecule has 5 heteroatoms. The minimum Gasteiger partial charge on any atom is -0.314 e. The first-order valence-electron chi connectivity index (χ1n) is 24.2. The summed E-state index contributed by atoms with van der Waals surface area (Å²) in [5.41, 5.74) is 18.6. The predicted octanol–water partition coefficient (Wildman–Crippen LogP) is 19.0. The lowest BCUT2D eigenvalue weighted by atomic mass is 9.68. The van der Waals surface area contributed by atoms with Crippen molar-refractivity contribution in [2.45, 2.75) is 101 Å². The van der Waals surface area contributed by atoms with Crippen molar-refractivity contribution in [2.24, 2.45) is 0 Å². The molecular formula is C63H53NS4. The second-order valence-electron chi connectivity index (χ2n) is 18.8. The molecule has 0 fully saturated rings. The van der Waals surface area contributed by atoms with Crippen LogP contribution in [0.25, 0.3) is 27.8 Å². The van der Waals surface area contributed by atoms with Gasteiger partial charge in [0.1, 0.15) is 0 Å². The number of aryl methyl sites for hydroxylation is 2. The van der Waals surface area contributed by atoms with Gasteiger partial charge in [0.15, 0.2) is 0 Å². The molecule has 5 aliphatic rings. The van der Waals surface area contributed by atoms with Crippen LogP contribution in [-0.4, -0.2) is 0 Å². The van der Waals surface area contributed by atoms with Gasteiger partial charge >= 0.3 is 0 Å². The van der Waals surface area contributed by atoms with E-state index < -0.39 is 0 Å². The summed E-state index contributed by atoms with van der Waals surface area (Å²) < 4.78 is 0. The van der Waals surface area contributed by atoms with Gasteiger partial charge in [0, 0.05) is 79.6 Å². The van der Waals surface area contributed by atoms with E-state index >= 15 is 0 Å². The Hall–Kier alpha value is -5.56. The van der Waals surface area contributed by atoms with Crippen molar-refractivity contribution in [1.29, 1.82) is 0 Å². The van der Waals surface area contributed by atoms with Crippen LogP contribution in [0, 0.1) is 0 Å². The molecule has 0 amide bonds. The zero-order chi connectivity index (χ0) is 45.9. The van der Waals surface area contributed by atoms with Crippen LogP contribution >= 0.6 is 47.0 Å². The number of thioether (sulfide) groups is 2. The van der Waals surface area contributed by atoms with Gasteiger partial charge in [0.2, 0.25) is 0 Å². The van der Waals surface area contributed by atoms with Crippen LogP contribution in [-0.2, 0) is 18.3 Å². The number of hydrogen-bond acceptors (Lipinski definition) is 5. The molecule has 3 aliphatic carbocycles. The average molecular weight is 952 g/mol. The molecule has 0 spiro atoms. The van der Waals surface area contributed by atoms with E-state index in [0.717, 1.165) is 32.1 Å². The van der Waals surface area contributed by atoms with E-state index in [0.29, 0.717) is 0 Å². The molecule has 7 aromatic carbocycles. The second-order valence-corrected chi connectivity index (χ2v) is 23.1. The van der Waals surface area contributed by atoms with Crippen LogP contribution < -0.4 is 4.90 Å². The van der Waals surface area contributed by atoms with E-state index in [1.165, 1.54) is 107 Å². The highest BCUT2D eigenvalue weighted by Crippen LogP contribution is 2.60. The molecule has 0 radical (unpaired) electrons. The summed E-state index contributed by atoms with van der Waals surface area (Å²) in [5, 5.41) is 0. The summed E-state index contributed by atoms with van der Waals surface area (Å²) in [5.74, 6) is 0.264. The number of hydrogen-bond donors (Lipinski definition) is 0. The Morgan fingerprint density at radius 1 is 0.574 bits per heavy atom. The molecule has 2 bridgehead atoms. The standard InChI is InChI=1S/C63H53NS4/c1-5-40-16-10-11-21-49(40)59-41(6-2)29-36-58-62(59)68-60-50(22-15-25-56(60)66-58)44-27-32-47(33-28-44)64(46-20-14-19-43(26-31-46)42-17-8-7-9-18-42)48-34-35-51-52-38-45(63(3,4)53(51)39-48)30-37-57-61(52)67-55-24-13-12-23-54(55)65-57/h7-19,21-29,31-36,38-39,52H,5-6,20,30,37H2,1-4H3. The van der Waals surface area contributed by atoms with E-state index in [2.05, 4.69) is 215 Å². The van der Waals surface area contributed by atoms with E-state index in [1.807, 2.05) is 47.0 Å². The van der Waals surface area contributed by atoms with E-state index in [9.17, 15) is 0 Å². The lowest BCUT2D eigenvalue weighted by Crippen LogP contribution is -2.28. The first-order chi connectivity index (χ1) is 33.4. The summed E-state index contributed by atoms with van der Waals surface area (Å²) >= 11 is 7.89. The second kappa shape index (κ2) is 18.1. The van der Waals surface area contributed by atoms with Gasteiger partial charge in [-0.3, -0.25) is 0 Å². The maximum absolute atomic E-state index is 2.63. The van der Waals surface area contributed by atoms with Gasteiger partial charge in [-0.05, 0) is 130 Å². The largest absolute Gasteiger partial charge is 0.314 e. The highest BCUT2D eigenvalue weighted by Gasteiger charge is 2.40. The third-order valence-corrected chi connectivity index (χ3v) is 20.0. The Bertz CT molecular complexity index is 3310. The maximum Gasteiger partial charge on any atom is 0.0461 e. The summed E-state index contributed by atoms with van der Waals surface area (Å²) in [7, 11) is 0. The number of benzene rings is 7. The van der Waals surface area contributed by atoms with Crippen molar-refractivity contribution in [1.82, 2.24) is 0 Å². The first kappa shape index (κ1) is 43.7. The number of rotatable bonds is 8. The molecule has 0 N–H and O–H groups in total. The molecule has 0 saturated carbocycles. The van der Waals surface area contributed by atoms with Gasteiger partial charge in [0.05, 0.1) is 0 Å². The van der Waals surface area contributed by atoms with Crippen LogP contribution in [0.4, 0.5) is 11.4 Å². The molecule has 1 atom stereocenters. The van der Waals surface area contributed by atoms with Crippen molar-refractivity contribution in [3.63, 3.8) is 0 Å². The normalized spacial score (nSPS) is 17.5. The van der Waals surface area contributed by atoms with Crippen molar-refractivity contribution in [3.05, 3.63) is 231 Å². The predicted molar refractivity (Wildman–Crippen MR) is 294 cm³/mol. The Kier molecular flexibility index (Phi) is 11.6. The fraction of sp³-hybridized carbons (Fsp3) is 0.175. The van der Waals surface area contributed by atoms with Crippen LogP contribution in [0.5, 0.6) is 0 Å². The lowest BCUT2D eigenvalue weighted by molar-refractivity contribution is 0.571. The molecule has 7 aromatic rings. The van der Waals surface area contributed by atoms with E-state index in [1.54, 1.807) is 10.5 Å². The van der Waals surface area contributed by atoms with Crippen molar-refractivity contribution in [2.75, 3.05) is 4.90 Å². The summed E-state index contributed by atoms with van der Waals surface area (Å²) in [4.78, 5) is 13.8. The van der Waals surface area contributed by atoms with Crippen LogP contribution in [0.15, 0.2) is 232 Å². The Morgan fingerprint density at radius 2 is 1.29 bits per heavy atom. The maximum atomic E-state index is 2.63. The molecule has 68 heavy (non-hydrogen) atoms. The quantitative estimate of drug-likeness (QED) is 0.139. The van der Waals surface area contributed by atoms with Gasteiger partial charge in [0.25, 0.3) is 0 Å². The van der Waals surface area contributed by atoms with Gasteiger partial charge < -0.3 is 4.90 Å². The third-order valence-electron chi connectivity index (χ3n) is 14.5. The fourth-order valence-electron chi connectivity index (χ4n) is 10.9. The van der Waals surface area contributed by atoms with E-state index in [-0.39, 0.29) is 11.3 Å². The van der Waals surface area contributed by atoms with Gasteiger partial charge in [-0.1, -0.05) is 208 Å². The van der Waals surface area contributed by atoms with Crippen LogP contribution in [0.2, 0.25) is 0 Å². The number of anilines is 2. The lowest BCUT2D eigenvalue weighted by Gasteiger charge is -2.39. The van der Waals surface area contributed by atoms with Crippen molar-refractivity contribution >= 4 is 64.0 Å². The SMILES string of the molecule is CCc1ccccc1-c1c(CC)ccc2c1Sc1c(cccc1-c1ccc(N(C3=CC=C(c4ccccc4)C=CC3)c3ccc4c(c3)C(C)(C)C3=CC4C4=C(CC3)Sc3ccccc3S4)cc1)S2. The van der Waals surface area contributed by atoms with E-state index in [4.69, 9.17) is 0 Å². The Labute approximate surface area is 419 Å². The summed E-state index contributed by atoms with van der Waals surface area (Å²) in [6.07, 6.45) is 16.9. The highest BCUT2D eigenvalue weighted by atomic mass is 32.2. The molecule has 12 rings (SSSR count). The molecule has 0 aromatic heterocycles. The van der Waals surface area contributed by atoms with Gasteiger partial charge in [-0.15, -0.1) is 0 Å². The Morgan fingerprint density at radius 3 is 2.12 bits per heavy atom. The molecule has 2 heterocycles. The zero-order valence-electron chi connectivity index (χ0n) is 39.0. The Balaban J connectivity index is 0.946. The van der Waals surface area contributed by atoms with Crippen molar-refractivity contribution in [3.8, 4) is 22.3 Å². The van der Waals surface area contributed by atoms with Crippen molar-refractivity contribution < 1.29 is 0 Å². The number of fused-ring (bicyclic) bond motifs is 7. The van der Waals surface area contributed by atoms with Gasteiger partial charge in [-0.2, -0.15) is 0 Å². The molecule has 334 valence electrons. The molecule has 0 saturated heterocycles. The first-order valence-corrected chi connectivity index (χ1v) is 27.4. The monoisotopic (exact) mass is 951 g/mol. The molecule has 2 aliphatic heterocycles. The molecule has 1 nitrogen and oxygen atoms in total. The third kappa shape index (κ3) is 7.71. The van der Waals surface area contributed by atoms with Crippen LogP contribution in [0.1, 0.15) is 80.7 Å². The summed E-state index contributed by atoms with van der Waals surface area (Å²) in [6.45, 7) is 9.49. The minimum atomic E-state index is -0.0939. The number of allylic oxidation sites excluding steroid dienone is 9. The highest BCUT2D eigenvalue weighted by molar-refractivity contribution is 8.09. The number of nitrogens with zero attached hydrogens (tertiary/aromatic N) is 1. The fourth-order valence-corrected chi connectivity index (χ4v) is 16.1.